The summed E-state index contributed by atoms with van der Waals surface area (Å²) in [6, 6.07) is 4.85. The Hall–Kier alpha value is -1.71. The lowest BCUT2D eigenvalue weighted by atomic mass is 9.85. The van der Waals surface area contributed by atoms with E-state index in [-0.39, 0.29) is 5.56 Å². The second-order valence-corrected chi connectivity index (χ2v) is 4.76. The number of rotatable bonds is 4. The van der Waals surface area contributed by atoms with Crippen molar-refractivity contribution < 1.29 is 9.90 Å². The Morgan fingerprint density at radius 3 is 2.76 bits per heavy atom. The van der Waals surface area contributed by atoms with Crippen molar-refractivity contribution in [1.82, 2.24) is 0 Å². The highest BCUT2D eigenvalue weighted by molar-refractivity contribution is 5.90. The van der Waals surface area contributed by atoms with Crippen LogP contribution in [0.2, 0.25) is 0 Å². The number of nitrogen functional groups attached to an aromatic ring is 1. The fraction of sp³-hybridized carbons (Fsp3) is 0.462. The molecule has 0 heterocycles. The normalized spacial score (nSPS) is 15.4. The summed E-state index contributed by atoms with van der Waals surface area (Å²) in [6.45, 7) is 0.952. The summed E-state index contributed by atoms with van der Waals surface area (Å²) in [6.07, 6.45) is 3.84. The van der Waals surface area contributed by atoms with Gasteiger partial charge in [-0.3, -0.25) is 0 Å². The van der Waals surface area contributed by atoms with Crippen LogP contribution >= 0.6 is 0 Å². The summed E-state index contributed by atoms with van der Waals surface area (Å²) in [5, 5.41) is 8.96. The Bertz CT molecular complexity index is 427. The zero-order valence-electron chi connectivity index (χ0n) is 10.0. The quantitative estimate of drug-likeness (QED) is 0.784. The molecule has 0 spiro atoms. The number of nitrogens with two attached hydrogens (primary N) is 1. The molecule has 1 aliphatic rings. The van der Waals surface area contributed by atoms with Gasteiger partial charge in [-0.15, -0.1) is 0 Å². The van der Waals surface area contributed by atoms with Gasteiger partial charge in [0.2, 0.25) is 0 Å². The average Bonchev–Trinajstić information content (AvgIpc) is 2.23. The third-order valence-electron chi connectivity index (χ3n) is 3.45. The van der Waals surface area contributed by atoms with Crippen molar-refractivity contribution in [3.63, 3.8) is 0 Å². The van der Waals surface area contributed by atoms with Crippen molar-refractivity contribution in [2.45, 2.75) is 19.3 Å². The van der Waals surface area contributed by atoms with Crippen LogP contribution in [-0.4, -0.2) is 24.7 Å². The highest BCUT2D eigenvalue weighted by atomic mass is 16.4. The Kier molecular flexibility index (Phi) is 3.22. The van der Waals surface area contributed by atoms with Gasteiger partial charge in [0.05, 0.1) is 16.9 Å². The zero-order chi connectivity index (χ0) is 12.4. The summed E-state index contributed by atoms with van der Waals surface area (Å²) in [4.78, 5) is 13.0. The minimum atomic E-state index is -0.914. The van der Waals surface area contributed by atoms with Crippen LogP contribution < -0.4 is 10.6 Å². The number of carbonyl (C=O) groups is 1. The number of hydrogen-bond donors (Lipinski definition) is 2. The fourth-order valence-corrected chi connectivity index (χ4v) is 2.17. The second-order valence-electron chi connectivity index (χ2n) is 4.76. The first-order valence-electron chi connectivity index (χ1n) is 5.92. The molecule has 92 valence electrons. The molecule has 0 aliphatic heterocycles. The molecule has 1 saturated carbocycles. The van der Waals surface area contributed by atoms with Gasteiger partial charge in [-0.05, 0) is 37.0 Å². The topological polar surface area (TPSA) is 66.6 Å². The summed E-state index contributed by atoms with van der Waals surface area (Å²) in [5.41, 5.74) is 7.63. The lowest BCUT2D eigenvalue weighted by Gasteiger charge is -2.32. The minimum absolute atomic E-state index is 0.287. The van der Waals surface area contributed by atoms with E-state index < -0.39 is 5.97 Å². The lowest BCUT2D eigenvalue weighted by Crippen LogP contribution is -2.29. The molecule has 3 N–H and O–H groups in total. The third-order valence-corrected chi connectivity index (χ3v) is 3.45. The largest absolute Gasteiger partial charge is 0.478 e. The van der Waals surface area contributed by atoms with Gasteiger partial charge in [-0.2, -0.15) is 0 Å². The summed E-state index contributed by atoms with van der Waals surface area (Å²) >= 11 is 0. The summed E-state index contributed by atoms with van der Waals surface area (Å²) < 4.78 is 0. The predicted octanol–water partition coefficient (Wildman–Crippen LogP) is 2.20. The van der Waals surface area contributed by atoms with Gasteiger partial charge in [0.25, 0.3) is 0 Å². The van der Waals surface area contributed by atoms with E-state index in [1.807, 2.05) is 7.05 Å². The van der Waals surface area contributed by atoms with Crippen molar-refractivity contribution in [1.29, 1.82) is 0 Å². The molecule has 1 fully saturated rings. The number of hydrogen-bond acceptors (Lipinski definition) is 3. The number of anilines is 2. The molecule has 0 bridgehead atoms. The average molecular weight is 234 g/mol. The SMILES string of the molecule is CN(CC1CCC1)c1cc(C(=O)O)ccc1N. The zero-order valence-corrected chi connectivity index (χ0v) is 10.0. The van der Waals surface area contributed by atoms with E-state index in [9.17, 15) is 4.79 Å². The predicted molar refractivity (Wildman–Crippen MR) is 68.4 cm³/mol. The third kappa shape index (κ3) is 2.52. The van der Waals surface area contributed by atoms with E-state index in [1.165, 1.54) is 19.3 Å². The van der Waals surface area contributed by atoms with Crippen LogP contribution in [0.5, 0.6) is 0 Å². The highest BCUT2D eigenvalue weighted by Gasteiger charge is 2.20. The first-order chi connectivity index (χ1) is 8.08. The van der Waals surface area contributed by atoms with Crippen molar-refractivity contribution in [2.24, 2.45) is 5.92 Å². The van der Waals surface area contributed by atoms with Gasteiger partial charge >= 0.3 is 5.97 Å². The number of benzene rings is 1. The summed E-state index contributed by atoms with van der Waals surface area (Å²) in [7, 11) is 1.97. The molecule has 0 radical (unpaired) electrons. The number of aromatic carboxylic acids is 1. The Labute approximate surface area is 101 Å². The molecule has 0 unspecified atom stereocenters. The molecule has 0 amide bonds. The van der Waals surface area contributed by atoms with E-state index in [0.717, 1.165) is 18.2 Å². The number of nitrogens with zero attached hydrogens (tertiary/aromatic N) is 1. The molecular formula is C13H18N2O2. The molecule has 2 rings (SSSR count). The van der Waals surface area contributed by atoms with Gasteiger partial charge in [0.1, 0.15) is 0 Å². The maximum Gasteiger partial charge on any atom is 0.335 e. The van der Waals surface area contributed by atoms with E-state index in [0.29, 0.717) is 5.69 Å². The summed E-state index contributed by atoms with van der Waals surface area (Å²) in [5.74, 6) is -0.184. The van der Waals surface area contributed by atoms with Crippen LogP contribution in [0.3, 0.4) is 0 Å². The van der Waals surface area contributed by atoms with Gasteiger partial charge in [0.15, 0.2) is 0 Å². The van der Waals surface area contributed by atoms with Crippen LogP contribution in [0.15, 0.2) is 18.2 Å². The maximum absolute atomic E-state index is 10.9. The van der Waals surface area contributed by atoms with Crippen LogP contribution in [0.25, 0.3) is 0 Å². The Balaban J connectivity index is 2.16. The van der Waals surface area contributed by atoms with Crippen LogP contribution in [0, 0.1) is 5.92 Å². The van der Waals surface area contributed by atoms with Crippen LogP contribution in [0.1, 0.15) is 29.6 Å². The Morgan fingerprint density at radius 1 is 1.53 bits per heavy atom. The van der Waals surface area contributed by atoms with Gasteiger partial charge < -0.3 is 15.7 Å². The first kappa shape index (κ1) is 11.8. The minimum Gasteiger partial charge on any atom is -0.478 e. The van der Waals surface area contributed by atoms with E-state index in [4.69, 9.17) is 10.8 Å². The molecule has 4 heteroatoms. The second kappa shape index (κ2) is 4.65. The van der Waals surface area contributed by atoms with Crippen molar-refractivity contribution in [2.75, 3.05) is 24.2 Å². The highest BCUT2D eigenvalue weighted by Crippen LogP contribution is 2.30. The van der Waals surface area contributed by atoms with Crippen molar-refractivity contribution in [3.8, 4) is 0 Å². The van der Waals surface area contributed by atoms with Gasteiger partial charge in [-0.1, -0.05) is 6.42 Å². The van der Waals surface area contributed by atoms with Crippen molar-refractivity contribution >= 4 is 17.3 Å². The monoisotopic (exact) mass is 234 g/mol. The smallest absolute Gasteiger partial charge is 0.335 e. The van der Waals surface area contributed by atoms with Gasteiger partial charge in [0, 0.05) is 13.6 Å². The van der Waals surface area contributed by atoms with E-state index >= 15 is 0 Å². The van der Waals surface area contributed by atoms with Crippen molar-refractivity contribution in [3.05, 3.63) is 23.8 Å². The molecule has 4 nitrogen and oxygen atoms in total. The number of carboxylic acids is 1. The Morgan fingerprint density at radius 2 is 2.24 bits per heavy atom. The molecule has 17 heavy (non-hydrogen) atoms. The first-order valence-corrected chi connectivity index (χ1v) is 5.92. The molecule has 1 aromatic rings. The fourth-order valence-electron chi connectivity index (χ4n) is 2.17. The number of carboxylic acid groups (broad SMARTS) is 1. The lowest BCUT2D eigenvalue weighted by molar-refractivity contribution is 0.0697. The maximum atomic E-state index is 10.9. The molecule has 0 atom stereocenters. The molecule has 0 saturated heterocycles. The van der Waals surface area contributed by atoms with E-state index in [1.54, 1.807) is 18.2 Å². The molecular weight excluding hydrogens is 216 g/mol. The molecule has 0 aromatic heterocycles. The molecule has 1 aliphatic carbocycles. The van der Waals surface area contributed by atoms with Gasteiger partial charge in [-0.25, -0.2) is 4.79 Å². The molecule has 1 aromatic carbocycles. The van der Waals surface area contributed by atoms with Crippen LogP contribution in [0.4, 0.5) is 11.4 Å². The van der Waals surface area contributed by atoms with Crippen LogP contribution in [-0.2, 0) is 0 Å². The standard InChI is InChI=1S/C13H18N2O2/c1-15(8-9-3-2-4-9)12-7-10(13(16)17)5-6-11(12)14/h5-7,9H,2-4,8,14H2,1H3,(H,16,17). The van der Waals surface area contributed by atoms with E-state index in [2.05, 4.69) is 4.90 Å².